The molecule has 11 heteroatoms. The third-order valence-electron chi connectivity index (χ3n) is 6.40. The van der Waals surface area contributed by atoms with Gasteiger partial charge in [0.2, 0.25) is 0 Å². The summed E-state index contributed by atoms with van der Waals surface area (Å²) in [6, 6.07) is 7.85. The molecule has 0 aliphatic carbocycles. The van der Waals surface area contributed by atoms with Gasteiger partial charge < -0.3 is 14.2 Å². The number of aryl methyl sites for hydroxylation is 2. The minimum Gasteiger partial charge on any atom is -0.611 e. The summed E-state index contributed by atoms with van der Waals surface area (Å²) in [4.78, 5) is 34.3. The zero-order chi connectivity index (χ0) is 24.4. The summed E-state index contributed by atoms with van der Waals surface area (Å²) in [5.74, 6) is 0.608. The number of hydrogen-bond donors (Lipinski definition) is 1. The second kappa shape index (κ2) is 10.4. The van der Waals surface area contributed by atoms with E-state index in [1.807, 2.05) is 31.2 Å². The summed E-state index contributed by atoms with van der Waals surface area (Å²) in [5, 5.41) is 10.7. The number of rotatable bonds is 8. The molecule has 1 aliphatic rings. The van der Waals surface area contributed by atoms with Crippen molar-refractivity contribution in [1.82, 2.24) is 28.5 Å². The fourth-order valence-corrected chi connectivity index (χ4v) is 5.61. The van der Waals surface area contributed by atoms with Gasteiger partial charge in [-0.25, -0.2) is 9.78 Å². The van der Waals surface area contributed by atoms with Gasteiger partial charge in [0.1, 0.15) is 5.75 Å². The average Bonchev–Trinajstić information content (AvgIpc) is 3.24. The lowest BCUT2D eigenvalue weighted by Crippen LogP contribution is -2.49. The van der Waals surface area contributed by atoms with E-state index in [0.717, 1.165) is 47.7 Å². The number of imidazole rings is 1. The van der Waals surface area contributed by atoms with Crippen LogP contribution in [0.5, 0.6) is 0 Å². The molecule has 0 saturated carbocycles. The average molecular weight is 489 g/mol. The highest BCUT2D eigenvalue weighted by Crippen LogP contribution is 2.14. The third-order valence-corrected chi connectivity index (χ3v) is 7.74. The molecule has 1 aromatic carbocycles. The largest absolute Gasteiger partial charge is 0.611 e. The van der Waals surface area contributed by atoms with E-state index in [1.54, 1.807) is 11.6 Å². The summed E-state index contributed by atoms with van der Waals surface area (Å²) >= 11 is -1.00. The Morgan fingerprint density at radius 3 is 2.50 bits per heavy atom. The summed E-state index contributed by atoms with van der Waals surface area (Å²) in [6.07, 6.45) is 0.820. The Morgan fingerprint density at radius 2 is 1.79 bits per heavy atom. The molecule has 2 unspecified atom stereocenters. The first-order chi connectivity index (χ1) is 16.2. The molecule has 3 aromatic rings. The van der Waals surface area contributed by atoms with Gasteiger partial charge in [0, 0.05) is 53.4 Å². The zero-order valence-corrected chi connectivity index (χ0v) is 20.7. The second-order valence-corrected chi connectivity index (χ2v) is 10.5. The smallest absolute Gasteiger partial charge is 0.332 e. The molecule has 4 rings (SSSR count). The fourth-order valence-electron chi connectivity index (χ4n) is 4.40. The molecule has 34 heavy (non-hydrogen) atoms. The van der Waals surface area contributed by atoms with Crippen LogP contribution < -0.4 is 11.2 Å². The maximum absolute atomic E-state index is 12.6. The molecule has 3 heterocycles. The number of fused-ring (bicyclic) bond motifs is 1. The van der Waals surface area contributed by atoms with Gasteiger partial charge in [-0.1, -0.05) is 12.1 Å². The maximum Gasteiger partial charge on any atom is 0.332 e. The van der Waals surface area contributed by atoms with E-state index < -0.39 is 28.5 Å². The van der Waals surface area contributed by atoms with E-state index in [9.17, 15) is 19.2 Å². The van der Waals surface area contributed by atoms with Crippen molar-refractivity contribution >= 4 is 22.3 Å². The van der Waals surface area contributed by atoms with Gasteiger partial charge in [-0.15, -0.1) is 0 Å². The molecule has 0 bridgehead atoms. The highest BCUT2D eigenvalue weighted by Gasteiger charge is 2.22. The molecule has 184 valence electrons. The number of hydrogen-bond acceptors (Lipinski definition) is 7. The fraction of sp³-hybridized carbons (Fsp3) is 0.522. The Morgan fingerprint density at radius 1 is 1.09 bits per heavy atom. The lowest BCUT2D eigenvalue weighted by atomic mass is 10.2. The number of β-amino-alcohol motifs (C(OH)–C–C–N with tert-alkyl or cyclic N) is 1. The number of aliphatic hydroxyl groups is 1. The van der Waals surface area contributed by atoms with Crippen molar-refractivity contribution in [3.05, 3.63) is 57.0 Å². The van der Waals surface area contributed by atoms with Crippen LogP contribution in [-0.2, 0) is 31.8 Å². The number of aliphatic hydroxyl groups excluding tert-OH is 1. The van der Waals surface area contributed by atoms with Crippen molar-refractivity contribution in [3.63, 3.8) is 0 Å². The molecular formula is C23H32N6O4S. The minimum atomic E-state index is -1.00. The summed E-state index contributed by atoms with van der Waals surface area (Å²) < 4.78 is 16.6. The highest BCUT2D eigenvalue weighted by atomic mass is 32.2. The lowest BCUT2D eigenvalue weighted by molar-refractivity contribution is 0.0666. The van der Waals surface area contributed by atoms with Crippen LogP contribution in [0, 0.1) is 6.92 Å². The molecule has 0 spiro atoms. The van der Waals surface area contributed by atoms with E-state index in [4.69, 9.17) is 0 Å². The SMILES string of the molecule is Cc1cccc([S+]([O-])CCN2CCN(CC(O)Cn3cnc4c3c(=O)n(C)c(=O)n4C)CC2)c1. The molecule has 2 atom stereocenters. The Kier molecular flexibility index (Phi) is 7.58. The normalized spacial score (nSPS) is 17.3. The Bertz CT molecular complexity index is 1260. The van der Waals surface area contributed by atoms with Crippen LogP contribution in [0.15, 0.2) is 45.1 Å². The quantitative estimate of drug-likeness (QED) is 0.427. The monoisotopic (exact) mass is 488 g/mol. The molecular weight excluding hydrogens is 456 g/mol. The van der Waals surface area contributed by atoms with Crippen molar-refractivity contribution < 1.29 is 9.66 Å². The molecule has 1 saturated heterocycles. The van der Waals surface area contributed by atoms with Gasteiger partial charge in [0.25, 0.3) is 5.56 Å². The van der Waals surface area contributed by atoms with Crippen LogP contribution in [0.1, 0.15) is 5.56 Å². The first kappa shape index (κ1) is 24.7. The lowest BCUT2D eigenvalue weighted by Gasteiger charge is -2.35. The van der Waals surface area contributed by atoms with Gasteiger partial charge >= 0.3 is 5.69 Å². The first-order valence-electron chi connectivity index (χ1n) is 11.4. The van der Waals surface area contributed by atoms with Gasteiger partial charge in [-0.3, -0.25) is 23.7 Å². The summed E-state index contributed by atoms with van der Waals surface area (Å²) in [5.41, 5.74) is 0.904. The van der Waals surface area contributed by atoms with E-state index in [2.05, 4.69) is 14.8 Å². The molecule has 1 fully saturated rings. The molecule has 1 aliphatic heterocycles. The number of nitrogens with zero attached hydrogens (tertiary/aromatic N) is 6. The van der Waals surface area contributed by atoms with Crippen LogP contribution in [0.25, 0.3) is 11.2 Å². The van der Waals surface area contributed by atoms with Gasteiger partial charge in [-0.05, 0) is 35.8 Å². The van der Waals surface area contributed by atoms with Crippen LogP contribution in [-0.4, -0.2) is 89.3 Å². The minimum absolute atomic E-state index is 0.222. The molecule has 2 aromatic heterocycles. The Balaban J connectivity index is 1.28. The molecule has 10 nitrogen and oxygen atoms in total. The van der Waals surface area contributed by atoms with Crippen molar-refractivity contribution in [1.29, 1.82) is 0 Å². The van der Waals surface area contributed by atoms with Crippen molar-refractivity contribution in [3.8, 4) is 0 Å². The van der Waals surface area contributed by atoms with Crippen LogP contribution in [0.2, 0.25) is 0 Å². The number of aromatic nitrogens is 4. The van der Waals surface area contributed by atoms with Crippen LogP contribution >= 0.6 is 0 Å². The molecule has 0 amide bonds. The zero-order valence-electron chi connectivity index (χ0n) is 19.9. The van der Waals surface area contributed by atoms with Gasteiger partial charge in [-0.2, -0.15) is 0 Å². The molecule has 0 radical (unpaired) electrons. The summed E-state index contributed by atoms with van der Waals surface area (Å²) in [6.45, 7) is 6.83. The number of piperazine rings is 1. The predicted octanol–water partition coefficient (Wildman–Crippen LogP) is -0.472. The predicted molar refractivity (Wildman–Crippen MR) is 132 cm³/mol. The maximum atomic E-state index is 12.6. The number of benzene rings is 1. The van der Waals surface area contributed by atoms with Crippen LogP contribution in [0.4, 0.5) is 0 Å². The first-order valence-corrected chi connectivity index (χ1v) is 12.7. The summed E-state index contributed by atoms with van der Waals surface area (Å²) in [7, 11) is 3.02. The Hall–Kier alpha value is -2.44. The van der Waals surface area contributed by atoms with Crippen molar-refractivity contribution in [2.24, 2.45) is 14.1 Å². The van der Waals surface area contributed by atoms with E-state index in [1.165, 1.54) is 17.9 Å². The second-order valence-electron chi connectivity index (χ2n) is 8.94. The van der Waals surface area contributed by atoms with Crippen molar-refractivity contribution in [2.45, 2.75) is 24.5 Å². The van der Waals surface area contributed by atoms with E-state index in [0.29, 0.717) is 23.5 Å². The highest BCUT2D eigenvalue weighted by molar-refractivity contribution is 7.91. The van der Waals surface area contributed by atoms with Crippen molar-refractivity contribution in [2.75, 3.05) is 45.0 Å². The van der Waals surface area contributed by atoms with Crippen LogP contribution in [0.3, 0.4) is 0 Å². The third kappa shape index (κ3) is 5.28. The van der Waals surface area contributed by atoms with E-state index in [-0.39, 0.29) is 6.54 Å². The van der Waals surface area contributed by atoms with Gasteiger partial charge in [0.05, 0.1) is 19.0 Å². The molecule has 1 N–H and O–H groups in total. The van der Waals surface area contributed by atoms with E-state index >= 15 is 0 Å². The Labute approximate surface area is 201 Å². The topological polar surface area (TPSA) is 112 Å². The standard InChI is InChI=1S/C23H32N6O4S/c1-17-5-4-6-19(13-17)34(33)12-11-27-7-9-28(10-8-27)14-18(30)15-29-16-24-21-20(29)22(31)26(3)23(32)25(21)2/h4-6,13,16,18,30H,7-12,14-15H2,1-3H3. The van der Waals surface area contributed by atoms with Gasteiger partial charge in [0.15, 0.2) is 16.1 Å².